The highest BCUT2D eigenvalue weighted by Crippen LogP contribution is 2.19. The standard InChI is InChI=1S/C18H20ClFN2O2/c1-12(14-5-7-15(19)8-6-14)21-18(23)22(2)11-13-4-9-17(24-3)16(20)10-13/h4-10,12H,11H2,1-3H3,(H,21,23). The predicted molar refractivity (Wildman–Crippen MR) is 92.8 cm³/mol. The topological polar surface area (TPSA) is 41.6 Å². The van der Waals surface area contributed by atoms with Gasteiger partial charge in [-0.15, -0.1) is 0 Å². The Labute approximate surface area is 146 Å². The number of hydrogen-bond donors (Lipinski definition) is 1. The van der Waals surface area contributed by atoms with Crippen molar-refractivity contribution in [3.8, 4) is 5.75 Å². The number of benzene rings is 2. The molecule has 0 fully saturated rings. The van der Waals surface area contributed by atoms with E-state index in [1.54, 1.807) is 31.3 Å². The molecule has 6 heteroatoms. The van der Waals surface area contributed by atoms with Gasteiger partial charge in [0.15, 0.2) is 11.6 Å². The number of nitrogens with zero attached hydrogens (tertiary/aromatic N) is 1. The molecule has 2 aromatic carbocycles. The van der Waals surface area contributed by atoms with Gasteiger partial charge in [-0.05, 0) is 42.3 Å². The molecule has 2 aromatic rings. The lowest BCUT2D eigenvalue weighted by molar-refractivity contribution is 0.203. The number of ether oxygens (including phenoxy) is 1. The van der Waals surface area contributed by atoms with Gasteiger partial charge in [0.2, 0.25) is 0 Å². The van der Waals surface area contributed by atoms with Crippen LogP contribution in [0.3, 0.4) is 0 Å². The van der Waals surface area contributed by atoms with Gasteiger partial charge in [0.05, 0.1) is 13.2 Å². The zero-order chi connectivity index (χ0) is 17.7. The van der Waals surface area contributed by atoms with Gasteiger partial charge in [0, 0.05) is 18.6 Å². The average Bonchev–Trinajstić information content (AvgIpc) is 2.55. The SMILES string of the molecule is COc1ccc(CN(C)C(=O)NC(C)c2ccc(Cl)cc2)cc1F. The van der Waals surface area contributed by atoms with Crippen LogP contribution >= 0.6 is 11.6 Å². The fraction of sp³-hybridized carbons (Fsp3) is 0.278. The molecule has 0 heterocycles. The second kappa shape index (κ2) is 8.02. The third-order valence-corrected chi connectivity index (χ3v) is 3.94. The fourth-order valence-electron chi connectivity index (χ4n) is 2.28. The number of urea groups is 1. The summed E-state index contributed by atoms with van der Waals surface area (Å²) in [4.78, 5) is 13.8. The van der Waals surface area contributed by atoms with Gasteiger partial charge in [-0.3, -0.25) is 0 Å². The van der Waals surface area contributed by atoms with Crippen LogP contribution in [0.5, 0.6) is 5.75 Å². The summed E-state index contributed by atoms with van der Waals surface area (Å²) in [5, 5.41) is 3.55. The van der Waals surface area contributed by atoms with Crippen molar-refractivity contribution in [1.29, 1.82) is 0 Å². The maximum atomic E-state index is 13.7. The quantitative estimate of drug-likeness (QED) is 0.868. The molecule has 1 N–H and O–H groups in total. The molecule has 0 aromatic heterocycles. The average molecular weight is 351 g/mol. The van der Waals surface area contributed by atoms with Crippen LogP contribution in [0.4, 0.5) is 9.18 Å². The van der Waals surface area contributed by atoms with Crippen LogP contribution < -0.4 is 10.1 Å². The number of carbonyl (C=O) groups excluding carboxylic acids is 1. The van der Waals surface area contributed by atoms with E-state index >= 15 is 0 Å². The van der Waals surface area contributed by atoms with Crippen LogP contribution in [0.15, 0.2) is 42.5 Å². The fourth-order valence-corrected chi connectivity index (χ4v) is 2.41. The van der Waals surface area contributed by atoms with Crippen LogP contribution in [0.2, 0.25) is 5.02 Å². The summed E-state index contributed by atoms with van der Waals surface area (Å²) in [6.07, 6.45) is 0. The molecule has 1 atom stereocenters. The molecule has 1 unspecified atom stereocenters. The molecule has 128 valence electrons. The Kier molecular flexibility index (Phi) is 6.04. The minimum atomic E-state index is -0.446. The van der Waals surface area contributed by atoms with Crippen molar-refractivity contribution < 1.29 is 13.9 Å². The first kappa shape index (κ1) is 18.1. The van der Waals surface area contributed by atoms with E-state index in [0.29, 0.717) is 17.1 Å². The van der Waals surface area contributed by atoms with Gasteiger partial charge in [-0.1, -0.05) is 29.8 Å². The van der Waals surface area contributed by atoms with Crippen molar-refractivity contribution >= 4 is 17.6 Å². The van der Waals surface area contributed by atoms with Gasteiger partial charge < -0.3 is 15.0 Å². The van der Waals surface area contributed by atoms with Gasteiger partial charge >= 0.3 is 6.03 Å². The molecule has 2 amide bonds. The van der Waals surface area contributed by atoms with Crippen LogP contribution in [0.25, 0.3) is 0 Å². The normalized spacial score (nSPS) is 11.7. The molecule has 0 saturated carbocycles. The van der Waals surface area contributed by atoms with E-state index in [2.05, 4.69) is 5.32 Å². The van der Waals surface area contributed by atoms with Gasteiger partial charge in [0.1, 0.15) is 0 Å². The van der Waals surface area contributed by atoms with Crippen LogP contribution in [-0.4, -0.2) is 25.1 Å². The molecule has 0 radical (unpaired) electrons. The van der Waals surface area contributed by atoms with Gasteiger partial charge in [0.25, 0.3) is 0 Å². The van der Waals surface area contributed by atoms with E-state index in [1.165, 1.54) is 18.1 Å². The Bertz CT molecular complexity index is 707. The highest BCUT2D eigenvalue weighted by Gasteiger charge is 2.14. The molecular weight excluding hydrogens is 331 g/mol. The van der Waals surface area contributed by atoms with Crippen LogP contribution in [0.1, 0.15) is 24.1 Å². The second-order valence-corrected chi connectivity index (χ2v) is 5.98. The molecule has 4 nitrogen and oxygen atoms in total. The number of nitrogens with one attached hydrogen (secondary N) is 1. The Morgan fingerprint density at radius 1 is 1.29 bits per heavy atom. The molecule has 2 rings (SSSR count). The number of methoxy groups -OCH3 is 1. The highest BCUT2D eigenvalue weighted by atomic mass is 35.5. The number of amides is 2. The smallest absolute Gasteiger partial charge is 0.317 e. The third-order valence-electron chi connectivity index (χ3n) is 3.69. The number of hydrogen-bond acceptors (Lipinski definition) is 2. The number of rotatable bonds is 5. The summed E-state index contributed by atoms with van der Waals surface area (Å²) in [7, 11) is 3.07. The molecule has 0 aliphatic heterocycles. The lowest BCUT2D eigenvalue weighted by Crippen LogP contribution is -2.38. The van der Waals surface area contributed by atoms with E-state index in [9.17, 15) is 9.18 Å². The van der Waals surface area contributed by atoms with Crippen molar-refractivity contribution in [3.05, 3.63) is 64.4 Å². The van der Waals surface area contributed by atoms with Crippen molar-refractivity contribution in [2.24, 2.45) is 0 Å². The largest absolute Gasteiger partial charge is 0.494 e. The Morgan fingerprint density at radius 3 is 2.54 bits per heavy atom. The summed E-state index contributed by atoms with van der Waals surface area (Å²) in [6.45, 7) is 2.18. The molecule has 0 bridgehead atoms. The first-order valence-electron chi connectivity index (χ1n) is 7.50. The first-order valence-corrected chi connectivity index (χ1v) is 7.88. The van der Waals surface area contributed by atoms with Crippen LogP contribution in [-0.2, 0) is 6.54 Å². The monoisotopic (exact) mass is 350 g/mol. The van der Waals surface area contributed by atoms with Crippen molar-refractivity contribution in [3.63, 3.8) is 0 Å². The van der Waals surface area contributed by atoms with Crippen molar-refractivity contribution in [2.75, 3.05) is 14.2 Å². The van der Waals surface area contributed by atoms with E-state index in [-0.39, 0.29) is 17.8 Å². The minimum Gasteiger partial charge on any atom is -0.494 e. The van der Waals surface area contributed by atoms with Crippen LogP contribution in [0, 0.1) is 5.82 Å². The van der Waals surface area contributed by atoms with E-state index < -0.39 is 5.82 Å². The molecule has 0 spiro atoms. The van der Waals surface area contributed by atoms with Gasteiger partial charge in [-0.25, -0.2) is 9.18 Å². The number of halogens is 2. The zero-order valence-electron chi connectivity index (χ0n) is 13.8. The third kappa shape index (κ3) is 4.61. The Morgan fingerprint density at radius 2 is 1.96 bits per heavy atom. The Hall–Kier alpha value is -2.27. The lowest BCUT2D eigenvalue weighted by Gasteiger charge is -2.22. The maximum Gasteiger partial charge on any atom is 0.317 e. The second-order valence-electron chi connectivity index (χ2n) is 5.55. The minimum absolute atomic E-state index is 0.162. The first-order chi connectivity index (χ1) is 11.4. The predicted octanol–water partition coefficient (Wildman–Crippen LogP) is 4.39. The zero-order valence-corrected chi connectivity index (χ0v) is 14.6. The summed E-state index contributed by atoms with van der Waals surface area (Å²) in [5.41, 5.74) is 1.64. The molecule has 0 saturated heterocycles. The molecule has 0 aliphatic carbocycles. The summed E-state index contributed by atoms with van der Waals surface area (Å²) >= 11 is 5.86. The lowest BCUT2D eigenvalue weighted by atomic mass is 10.1. The molecule has 24 heavy (non-hydrogen) atoms. The summed E-state index contributed by atoms with van der Waals surface area (Å²) in [6, 6.07) is 11.5. The highest BCUT2D eigenvalue weighted by molar-refractivity contribution is 6.30. The Balaban J connectivity index is 1.96. The summed E-state index contributed by atoms with van der Waals surface area (Å²) < 4.78 is 18.6. The van der Waals surface area contributed by atoms with Crippen molar-refractivity contribution in [2.45, 2.75) is 19.5 Å². The van der Waals surface area contributed by atoms with Gasteiger partial charge in [-0.2, -0.15) is 0 Å². The maximum absolute atomic E-state index is 13.7. The van der Waals surface area contributed by atoms with E-state index in [1.807, 2.05) is 19.1 Å². The van der Waals surface area contributed by atoms with E-state index in [4.69, 9.17) is 16.3 Å². The van der Waals surface area contributed by atoms with E-state index in [0.717, 1.165) is 5.56 Å². The summed E-state index contributed by atoms with van der Waals surface area (Å²) in [5.74, 6) is -0.263. The van der Waals surface area contributed by atoms with Crippen molar-refractivity contribution in [1.82, 2.24) is 10.2 Å². The molecule has 0 aliphatic rings. The number of carbonyl (C=O) groups is 1. The molecular formula is C18H20ClFN2O2.